The van der Waals surface area contributed by atoms with Crippen LogP contribution in [0, 0.1) is 5.41 Å². The number of aromatic amines is 1. The maximum atomic E-state index is 13.6. The molecule has 1 fully saturated rings. The van der Waals surface area contributed by atoms with Crippen molar-refractivity contribution in [2.24, 2.45) is 0 Å². The van der Waals surface area contributed by atoms with Crippen LogP contribution in [-0.4, -0.2) is 52.1 Å². The number of carbonyl (C=O) groups excluding carboxylic acids is 4. The number of anilines is 2. The molecular weight excluding hydrogens is 664 g/mol. The molecule has 0 radical (unpaired) electrons. The maximum absolute atomic E-state index is 13.6. The van der Waals surface area contributed by atoms with Gasteiger partial charge in [0.05, 0.1) is 18.5 Å². The van der Waals surface area contributed by atoms with Gasteiger partial charge < -0.3 is 14.7 Å². The van der Waals surface area contributed by atoms with Crippen molar-refractivity contribution in [1.82, 2.24) is 14.9 Å². The van der Waals surface area contributed by atoms with Crippen LogP contribution in [0.25, 0.3) is 17.3 Å². The molecule has 16 heteroatoms. The molecule has 0 saturated carbocycles. The van der Waals surface area contributed by atoms with E-state index in [0.717, 1.165) is 9.47 Å². The number of hydrogen-bond acceptors (Lipinski definition) is 11. The molecule has 1 aromatic heterocycles. The van der Waals surface area contributed by atoms with Gasteiger partial charge in [0.25, 0.3) is 17.4 Å². The first-order valence-electron chi connectivity index (χ1n) is 14.9. The van der Waals surface area contributed by atoms with E-state index in [1.165, 1.54) is 67.8 Å². The second kappa shape index (κ2) is 15.7. The lowest BCUT2D eigenvalue weighted by Crippen LogP contribution is -2.54. The highest BCUT2D eigenvalue weighted by Crippen LogP contribution is 2.25. The Balaban J connectivity index is 1.52. The number of methoxy groups -OCH3 is 1. The van der Waals surface area contributed by atoms with E-state index in [1.54, 1.807) is 42.5 Å². The van der Waals surface area contributed by atoms with Gasteiger partial charge in [-0.15, -0.1) is 0 Å². The fourth-order valence-corrected chi connectivity index (χ4v) is 4.87. The molecule has 0 spiro atoms. The average Bonchev–Trinajstić information content (AvgIpc) is 3.11. The molecule has 0 aliphatic carbocycles. The van der Waals surface area contributed by atoms with Gasteiger partial charge in [0, 0.05) is 5.69 Å². The monoisotopic (exact) mass is 692 g/mol. The molecule has 5 rings (SSSR count). The topological polar surface area (TPSA) is 222 Å². The molecule has 16 nitrogen and oxygen atoms in total. The minimum absolute atomic E-state index is 0.0551. The molecule has 2 heterocycles. The molecule has 0 unspecified atom stereocenters. The number of ether oxygens (including phenoxy) is 1. The summed E-state index contributed by atoms with van der Waals surface area (Å²) in [6.45, 7) is -0.0904. The molecule has 3 aromatic carbocycles. The quantitative estimate of drug-likeness (QED) is 0.0224. The third kappa shape index (κ3) is 8.04. The van der Waals surface area contributed by atoms with Gasteiger partial charge in [0.2, 0.25) is 12.3 Å². The Morgan fingerprint density at radius 3 is 2.45 bits per heavy atom. The third-order valence-electron chi connectivity index (χ3n) is 7.23. The van der Waals surface area contributed by atoms with Crippen LogP contribution < -0.4 is 26.8 Å². The van der Waals surface area contributed by atoms with Gasteiger partial charge in [0.15, 0.2) is 0 Å². The van der Waals surface area contributed by atoms with E-state index in [9.17, 15) is 33.9 Å². The number of amides is 5. The predicted octanol–water partition coefficient (Wildman–Crippen LogP) is 3.77. The number of barbiturate groups is 1. The van der Waals surface area contributed by atoms with Gasteiger partial charge in [-0.1, -0.05) is 60.7 Å². The number of allylic oxidation sites excluding steroid dienone is 4. The van der Waals surface area contributed by atoms with Gasteiger partial charge in [-0.25, -0.2) is 23.9 Å². The smallest absolute Gasteiger partial charge is 0.411 e. The number of nitrogens with one attached hydrogen (secondary N) is 4. The van der Waals surface area contributed by atoms with E-state index in [2.05, 4.69) is 25.2 Å². The molecule has 0 bridgehead atoms. The van der Waals surface area contributed by atoms with Crippen molar-refractivity contribution >= 4 is 53.4 Å². The van der Waals surface area contributed by atoms with E-state index in [-0.39, 0.29) is 29.2 Å². The van der Waals surface area contributed by atoms with Gasteiger partial charge in [-0.3, -0.25) is 35.4 Å². The van der Waals surface area contributed by atoms with Crippen molar-refractivity contribution in [3.8, 4) is 11.6 Å². The minimum Gasteiger partial charge on any atom is -0.494 e. The van der Waals surface area contributed by atoms with Crippen molar-refractivity contribution in [3.05, 3.63) is 140 Å². The lowest BCUT2D eigenvalue weighted by atomic mass is 10.0. The molecule has 1 saturated heterocycles. The summed E-state index contributed by atoms with van der Waals surface area (Å²) in [5, 5.41) is 22.0. The van der Waals surface area contributed by atoms with Crippen LogP contribution in [0.4, 0.5) is 21.0 Å². The first-order chi connectivity index (χ1) is 24.6. The molecule has 258 valence electrons. The number of imide groups is 2. The van der Waals surface area contributed by atoms with Crippen LogP contribution >= 0.6 is 0 Å². The van der Waals surface area contributed by atoms with Crippen molar-refractivity contribution in [2.75, 3.05) is 17.3 Å². The fourth-order valence-electron chi connectivity index (χ4n) is 4.87. The van der Waals surface area contributed by atoms with Crippen LogP contribution in [0.2, 0.25) is 0 Å². The highest BCUT2D eigenvalue weighted by Gasteiger charge is 2.36. The summed E-state index contributed by atoms with van der Waals surface area (Å²) in [7, 11) is 1.17. The lowest BCUT2D eigenvalue weighted by molar-refractivity contribution is -0.227. The van der Waals surface area contributed by atoms with E-state index in [1.807, 2.05) is 0 Å². The van der Waals surface area contributed by atoms with Crippen LogP contribution in [-0.2, 0) is 30.7 Å². The van der Waals surface area contributed by atoms with E-state index < -0.39 is 46.6 Å². The molecular formula is C35H28N6O10. The second-order valence-electron chi connectivity index (χ2n) is 10.4. The Morgan fingerprint density at radius 2 is 1.71 bits per heavy atom. The summed E-state index contributed by atoms with van der Waals surface area (Å²) in [5.41, 5.74) is -0.604. The van der Waals surface area contributed by atoms with Gasteiger partial charge in [-0.05, 0) is 59.2 Å². The third-order valence-corrected chi connectivity index (χ3v) is 7.23. The fraction of sp³-hybridized carbons (Fsp3) is 0.0571. The zero-order valence-corrected chi connectivity index (χ0v) is 26.6. The number of aromatic hydroxyl groups is 1. The van der Waals surface area contributed by atoms with Crippen LogP contribution in [0.1, 0.15) is 16.7 Å². The minimum atomic E-state index is -1.01. The maximum Gasteiger partial charge on any atom is 0.411 e. The zero-order valence-electron chi connectivity index (χ0n) is 26.6. The van der Waals surface area contributed by atoms with E-state index in [4.69, 9.17) is 10.3 Å². The number of nitrogens with zero attached hydrogens (tertiary/aromatic N) is 2. The van der Waals surface area contributed by atoms with E-state index >= 15 is 0 Å². The summed E-state index contributed by atoms with van der Waals surface area (Å²) in [6.07, 6.45) is 5.11. The largest absolute Gasteiger partial charge is 0.494 e. The highest BCUT2D eigenvalue weighted by molar-refractivity contribution is 6.37. The second-order valence-corrected chi connectivity index (χ2v) is 10.4. The highest BCUT2D eigenvalue weighted by atomic mass is 17.2. The Kier molecular flexibility index (Phi) is 10.8. The number of rotatable bonds is 11. The summed E-state index contributed by atoms with van der Waals surface area (Å²) < 4.78 is 5.38. The van der Waals surface area contributed by atoms with Crippen LogP contribution in [0.3, 0.4) is 0 Å². The number of carbonyl (C=O) groups is 4. The van der Waals surface area contributed by atoms with Crippen molar-refractivity contribution in [1.29, 1.82) is 5.41 Å². The summed E-state index contributed by atoms with van der Waals surface area (Å²) >= 11 is 0. The normalized spacial score (nSPS) is 14.1. The molecule has 1 aliphatic rings. The zero-order chi connectivity index (χ0) is 36.5. The van der Waals surface area contributed by atoms with Gasteiger partial charge in [-0.2, -0.15) is 4.89 Å². The van der Waals surface area contributed by atoms with Crippen LogP contribution in [0.15, 0.2) is 112 Å². The standard InChI is InChI=1S/C35H28N6O10/c1-49-35(48)37-24-10-6-12-26(18-24)41-32(45)28(30(43)39-34(41)47)16-14-23(22-8-3-2-4-9-22)13-15-27-29(42)38-33(46)40(31(27)44)25-11-5-7-21(17-25)19-50-51-20-36/h2-18,20,36,42H,19H2,1H3,(H,37,48)(H,38,46)(H,39,43,47). The van der Waals surface area contributed by atoms with E-state index in [0.29, 0.717) is 23.1 Å². The Hall–Kier alpha value is -7.33. The molecule has 0 atom stereocenters. The first kappa shape index (κ1) is 35.0. The predicted molar refractivity (Wildman–Crippen MR) is 184 cm³/mol. The van der Waals surface area contributed by atoms with Crippen molar-refractivity contribution in [3.63, 3.8) is 0 Å². The summed E-state index contributed by atoms with van der Waals surface area (Å²) in [4.78, 5) is 89.5. The summed E-state index contributed by atoms with van der Waals surface area (Å²) in [6, 6.07) is 19.6. The number of H-pyrrole nitrogens is 1. The van der Waals surface area contributed by atoms with Crippen LogP contribution in [0.5, 0.6) is 5.88 Å². The molecule has 5 N–H and O–H groups in total. The summed E-state index contributed by atoms with van der Waals surface area (Å²) in [5.74, 6) is -2.62. The Morgan fingerprint density at radius 1 is 0.961 bits per heavy atom. The lowest BCUT2D eigenvalue weighted by Gasteiger charge is -2.26. The van der Waals surface area contributed by atoms with Gasteiger partial charge >= 0.3 is 17.8 Å². The average molecular weight is 693 g/mol. The first-order valence-corrected chi connectivity index (χ1v) is 14.9. The number of aromatic nitrogens is 2. The number of urea groups is 1. The molecule has 1 aliphatic heterocycles. The Labute approximate surface area is 287 Å². The molecule has 51 heavy (non-hydrogen) atoms. The van der Waals surface area contributed by atoms with Crippen molar-refractivity contribution in [2.45, 2.75) is 6.61 Å². The SMILES string of the molecule is COC(=O)Nc1cccc(N2C(=O)NC(=O)C(=CC=C(C=Cc3c(O)[nH]c(=O)n(-c4cccc(COOC=N)c4)c3=O)c3ccccc3)C2=O)c1. The van der Waals surface area contributed by atoms with Crippen molar-refractivity contribution < 1.29 is 38.8 Å². The Bertz CT molecular complexity index is 2240. The van der Waals surface area contributed by atoms with Gasteiger partial charge in [0.1, 0.15) is 17.7 Å². The molecule has 4 aromatic rings. The number of benzene rings is 3. The number of hydrogen-bond donors (Lipinski definition) is 5. The molecule has 5 amide bonds.